The molecular formula is C14H17BrN2O. The number of halogens is 1. The molecule has 0 amide bonds. The third kappa shape index (κ3) is 2.29. The van der Waals surface area contributed by atoms with Crippen molar-refractivity contribution in [2.75, 3.05) is 6.61 Å². The molecule has 0 aliphatic carbocycles. The van der Waals surface area contributed by atoms with Crippen LogP contribution in [0.25, 0.3) is 11.3 Å². The first-order valence-electron chi connectivity index (χ1n) is 5.99. The van der Waals surface area contributed by atoms with E-state index in [1.54, 1.807) is 0 Å². The first-order valence-corrected chi connectivity index (χ1v) is 6.78. The first-order chi connectivity index (χ1) is 8.54. The number of rotatable bonds is 3. The summed E-state index contributed by atoms with van der Waals surface area (Å²) in [7, 11) is 0. The van der Waals surface area contributed by atoms with Crippen LogP contribution in [0.5, 0.6) is 5.75 Å². The van der Waals surface area contributed by atoms with E-state index in [0.717, 1.165) is 38.3 Å². The lowest BCUT2D eigenvalue weighted by molar-refractivity contribution is 0.337. The zero-order chi connectivity index (χ0) is 13.3. The van der Waals surface area contributed by atoms with Crippen LogP contribution in [0, 0.1) is 20.8 Å². The number of hydrogen-bond donors (Lipinski definition) is 1. The van der Waals surface area contributed by atoms with Crippen molar-refractivity contribution < 1.29 is 4.74 Å². The quantitative estimate of drug-likeness (QED) is 0.924. The fraction of sp³-hybridized carbons (Fsp3) is 0.357. The number of H-pyrrole nitrogens is 1. The number of aromatic amines is 1. The van der Waals surface area contributed by atoms with E-state index >= 15 is 0 Å². The van der Waals surface area contributed by atoms with E-state index in [2.05, 4.69) is 52.1 Å². The van der Waals surface area contributed by atoms with Crippen molar-refractivity contribution in [3.05, 3.63) is 33.4 Å². The standard InChI is InChI=1S/C14H17BrN2O/c1-5-18-12-7-8(2)11(6-9(12)3)14-13(15)10(4)16-17-14/h6-7H,5H2,1-4H3,(H,16,17). The van der Waals surface area contributed by atoms with Gasteiger partial charge in [0.2, 0.25) is 0 Å². The Labute approximate surface area is 116 Å². The average molecular weight is 309 g/mol. The van der Waals surface area contributed by atoms with Gasteiger partial charge < -0.3 is 4.74 Å². The van der Waals surface area contributed by atoms with E-state index in [1.165, 1.54) is 0 Å². The maximum absolute atomic E-state index is 5.60. The molecule has 0 aliphatic rings. The normalized spacial score (nSPS) is 10.7. The Kier molecular flexibility index (Phi) is 3.76. The highest BCUT2D eigenvalue weighted by Crippen LogP contribution is 2.34. The second-order valence-electron chi connectivity index (χ2n) is 4.38. The van der Waals surface area contributed by atoms with E-state index < -0.39 is 0 Å². The molecule has 0 spiro atoms. The molecule has 1 aromatic carbocycles. The summed E-state index contributed by atoms with van der Waals surface area (Å²) in [5, 5.41) is 7.34. The minimum atomic E-state index is 0.685. The summed E-state index contributed by atoms with van der Waals surface area (Å²) in [6.07, 6.45) is 0. The molecule has 0 fully saturated rings. The number of ether oxygens (including phenoxy) is 1. The molecular weight excluding hydrogens is 292 g/mol. The molecule has 0 radical (unpaired) electrons. The average Bonchev–Trinajstić information content (AvgIpc) is 2.65. The highest BCUT2D eigenvalue weighted by Gasteiger charge is 2.14. The molecule has 2 aromatic rings. The molecule has 1 N–H and O–H groups in total. The summed E-state index contributed by atoms with van der Waals surface area (Å²) in [5.74, 6) is 0.946. The number of aryl methyl sites for hydroxylation is 3. The Morgan fingerprint density at radius 3 is 2.50 bits per heavy atom. The van der Waals surface area contributed by atoms with Crippen LogP contribution >= 0.6 is 15.9 Å². The molecule has 96 valence electrons. The highest BCUT2D eigenvalue weighted by atomic mass is 79.9. The van der Waals surface area contributed by atoms with Gasteiger partial charge in [-0.3, -0.25) is 5.10 Å². The van der Waals surface area contributed by atoms with Crippen LogP contribution in [0.4, 0.5) is 0 Å². The topological polar surface area (TPSA) is 37.9 Å². The SMILES string of the molecule is CCOc1cc(C)c(-c2n[nH]c(C)c2Br)cc1C. The second kappa shape index (κ2) is 5.14. The smallest absolute Gasteiger partial charge is 0.122 e. The van der Waals surface area contributed by atoms with Gasteiger partial charge >= 0.3 is 0 Å². The summed E-state index contributed by atoms with van der Waals surface area (Å²) in [6.45, 7) is 8.81. The highest BCUT2D eigenvalue weighted by molar-refractivity contribution is 9.10. The minimum absolute atomic E-state index is 0.685. The lowest BCUT2D eigenvalue weighted by atomic mass is 10.0. The van der Waals surface area contributed by atoms with Crippen molar-refractivity contribution in [1.82, 2.24) is 10.2 Å². The maximum atomic E-state index is 5.60. The fourth-order valence-electron chi connectivity index (χ4n) is 1.95. The molecule has 0 saturated heterocycles. The molecule has 0 unspecified atom stereocenters. The van der Waals surface area contributed by atoms with E-state index in [-0.39, 0.29) is 0 Å². The van der Waals surface area contributed by atoms with Crippen molar-refractivity contribution in [3.8, 4) is 17.0 Å². The van der Waals surface area contributed by atoms with E-state index in [1.807, 2.05) is 13.8 Å². The Hall–Kier alpha value is -1.29. The Bertz CT molecular complexity index is 575. The fourth-order valence-corrected chi connectivity index (χ4v) is 2.34. The van der Waals surface area contributed by atoms with Crippen molar-refractivity contribution in [3.63, 3.8) is 0 Å². The summed E-state index contributed by atoms with van der Waals surface area (Å²) in [5.41, 5.74) is 5.42. The lowest BCUT2D eigenvalue weighted by Crippen LogP contribution is -1.96. The van der Waals surface area contributed by atoms with Gasteiger partial charge in [-0.15, -0.1) is 0 Å². The molecule has 2 rings (SSSR count). The molecule has 18 heavy (non-hydrogen) atoms. The Morgan fingerprint density at radius 1 is 1.22 bits per heavy atom. The molecule has 1 aromatic heterocycles. The van der Waals surface area contributed by atoms with Crippen LogP contribution in [0.3, 0.4) is 0 Å². The third-order valence-corrected chi connectivity index (χ3v) is 3.92. The maximum Gasteiger partial charge on any atom is 0.122 e. The monoisotopic (exact) mass is 308 g/mol. The van der Waals surface area contributed by atoms with Crippen molar-refractivity contribution in [2.45, 2.75) is 27.7 Å². The van der Waals surface area contributed by atoms with Crippen molar-refractivity contribution >= 4 is 15.9 Å². The number of benzene rings is 1. The van der Waals surface area contributed by atoms with Crippen LogP contribution in [0.2, 0.25) is 0 Å². The lowest BCUT2D eigenvalue weighted by Gasteiger charge is -2.11. The van der Waals surface area contributed by atoms with E-state index in [9.17, 15) is 0 Å². The minimum Gasteiger partial charge on any atom is -0.494 e. The molecule has 0 saturated carbocycles. The largest absolute Gasteiger partial charge is 0.494 e. The van der Waals surface area contributed by atoms with Gasteiger partial charge in [-0.2, -0.15) is 5.10 Å². The van der Waals surface area contributed by atoms with Gasteiger partial charge in [0.15, 0.2) is 0 Å². The molecule has 4 heteroatoms. The van der Waals surface area contributed by atoms with Gasteiger partial charge in [-0.25, -0.2) is 0 Å². The van der Waals surface area contributed by atoms with Crippen LogP contribution < -0.4 is 4.74 Å². The molecule has 3 nitrogen and oxygen atoms in total. The van der Waals surface area contributed by atoms with Gasteiger partial charge in [0.05, 0.1) is 11.1 Å². The van der Waals surface area contributed by atoms with E-state index in [4.69, 9.17) is 4.74 Å². The number of aromatic nitrogens is 2. The summed E-state index contributed by atoms with van der Waals surface area (Å²) >= 11 is 3.57. The molecule has 0 atom stereocenters. The zero-order valence-corrected chi connectivity index (χ0v) is 12.7. The van der Waals surface area contributed by atoms with Crippen LogP contribution in [0.15, 0.2) is 16.6 Å². The third-order valence-electron chi connectivity index (χ3n) is 2.95. The van der Waals surface area contributed by atoms with Gasteiger partial charge in [0, 0.05) is 11.3 Å². The predicted octanol–water partition coefficient (Wildman–Crippen LogP) is 4.16. The van der Waals surface area contributed by atoms with Gasteiger partial charge in [0.25, 0.3) is 0 Å². The number of nitrogens with zero attached hydrogens (tertiary/aromatic N) is 1. The van der Waals surface area contributed by atoms with Gasteiger partial charge in [-0.1, -0.05) is 0 Å². The predicted molar refractivity (Wildman–Crippen MR) is 77.1 cm³/mol. The van der Waals surface area contributed by atoms with Crippen LogP contribution in [0.1, 0.15) is 23.7 Å². The van der Waals surface area contributed by atoms with Crippen LogP contribution in [-0.2, 0) is 0 Å². The van der Waals surface area contributed by atoms with Crippen LogP contribution in [-0.4, -0.2) is 16.8 Å². The first kappa shape index (κ1) is 13.1. The van der Waals surface area contributed by atoms with Gasteiger partial charge in [0.1, 0.15) is 11.4 Å². The molecule has 0 aliphatic heterocycles. The van der Waals surface area contributed by atoms with E-state index in [0.29, 0.717) is 6.61 Å². The summed E-state index contributed by atoms with van der Waals surface area (Å²) in [4.78, 5) is 0. The molecule has 0 bridgehead atoms. The molecule has 1 heterocycles. The van der Waals surface area contributed by atoms with Gasteiger partial charge in [-0.05, 0) is 66.9 Å². The van der Waals surface area contributed by atoms with Crippen molar-refractivity contribution in [2.24, 2.45) is 0 Å². The Balaban J connectivity index is 2.53. The summed E-state index contributed by atoms with van der Waals surface area (Å²) < 4.78 is 6.63. The Morgan fingerprint density at radius 2 is 1.94 bits per heavy atom. The second-order valence-corrected chi connectivity index (χ2v) is 5.17. The number of hydrogen-bond acceptors (Lipinski definition) is 2. The zero-order valence-electron chi connectivity index (χ0n) is 11.1. The summed E-state index contributed by atoms with van der Waals surface area (Å²) in [6, 6.07) is 4.20. The number of nitrogens with one attached hydrogen (secondary N) is 1. The van der Waals surface area contributed by atoms with Crippen molar-refractivity contribution in [1.29, 1.82) is 0 Å².